The summed E-state index contributed by atoms with van der Waals surface area (Å²) >= 11 is 0. The van der Waals surface area contributed by atoms with Gasteiger partial charge in [-0.15, -0.1) is 0 Å². The van der Waals surface area contributed by atoms with Gasteiger partial charge in [-0.05, 0) is 27.7 Å². The molecule has 0 saturated heterocycles. The van der Waals surface area contributed by atoms with Gasteiger partial charge in [0.15, 0.2) is 5.60 Å². The molecule has 3 rings (SSSR count). The first-order valence-electron chi connectivity index (χ1n) is 8.66. The standard InChI is InChI=1S/C22H24O3/c1-5-24-21(23)20-14-22(25-17(20)4,18-10-6-15(2)7-11-18)19-12-8-16(3)9-13-19/h6-13H,5,14H2,1-4H3. The highest BCUT2D eigenvalue weighted by Crippen LogP contribution is 2.47. The molecule has 0 radical (unpaired) electrons. The summed E-state index contributed by atoms with van der Waals surface area (Å²) in [5.41, 5.74) is 4.39. The van der Waals surface area contributed by atoms with Crippen molar-refractivity contribution < 1.29 is 14.3 Å². The van der Waals surface area contributed by atoms with E-state index >= 15 is 0 Å². The first-order valence-corrected chi connectivity index (χ1v) is 8.66. The van der Waals surface area contributed by atoms with E-state index in [1.807, 2.05) is 13.8 Å². The maximum absolute atomic E-state index is 12.4. The van der Waals surface area contributed by atoms with Crippen molar-refractivity contribution in [3.8, 4) is 0 Å². The summed E-state index contributed by atoms with van der Waals surface area (Å²) in [6.07, 6.45) is 0.476. The third-order valence-corrected chi connectivity index (χ3v) is 4.74. The van der Waals surface area contributed by atoms with Gasteiger partial charge in [-0.2, -0.15) is 0 Å². The van der Waals surface area contributed by atoms with Crippen LogP contribution < -0.4 is 0 Å². The molecule has 0 N–H and O–H groups in total. The molecule has 3 heteroatoms. The molecule has 1 aliphatic heterocycles. The lowest BCUT2D eigenvalue weighted by atomic mass is 9.82. The Bertz CT molecular complexity index is 753. The Morgan fingerprint density at radius 1 is 0.960 bits per heavy atom. The zero-order valence-corrected chi connectivity index (χ0v) is 15.3. The van der Waals surface area contributed by atoms with Gasteiger partial charge in [-0.1, -0.05) is 59.7 Å². The minimum Gasteiger partial charge on any atom is -0.482 e. The number of allylic oxidation sites excluding steroid dienone is 1. The average Bonchev–Trinajstić information content (AvgIpc) is 2.95. The highest BCUT2D eigenvalue weighted by molar-refractivity contribution is 5.90. The van der Waals surface area contributed by atoms with Crippen molar-refractivity contribution in [2.75, 3.05) is 6.61 Å². The molecule has 0 amide bonds. The van der Waals surface area contributed by atoms with Crippen molar-refractivity contribution in [2.24, 2.45) is 0 Å². The van der Waals surface area contributed by atoms with Gasteiger partial charge in [0.1, 0.15) is 5.76 Å². The van der Waals surface area contributed by atoms with E-state index in [1.165, 1.54) is 11.1 Å². The molecule has 2 aromatic carbocycles. The number of hydrogen-bond donors (Lipinski definition) is 0. The van der Waals surface area contributed by atoms with Crippen LogP contribution in [0.1, 0.15) is 42.5 Å². The predicted octanol–water partition coefficient (Wildman–Crippen LogP) is 4.80. The molecule has 1 heterocycles. The number of ether oxygens (including phenoxy) is 2. The Kier molecular flexibility index (Phi) is 4.67. The molecule has 0 unspecified atom stereocenters. The summed E-state index contributed by atoms with van der Waals surface area (Å²) < 4.78 is 11.6. The zero-order valence-electron chi connectivity index (χ0n) is 15.3. The quantitative estimate of drug-likeness (QED) is 0.752. The molecule has 0 fully saturated rings. The van der Waals surface area contributed by atoms with Crippen LogP contribution in [0, 0.1) is 13.8 Å². The van der Waals surface area contributed by atoms with Crippen molar-refractivity contribution in [1.82, 2.24) is 0 Å². The van der Waals surface area contributed by atoms with E-state index in [-0.39, 0.29) is 5.97 Å². The topological polar surface area (TPSA) is 35.5 Å². The fourth-order valence-electron chi connectivity index (χ4n) is 3.30. The van der Waals surface area contributed by atoms with Gasteiger partial charge in [0.05, 0.1) is 12.2 Å². The van der Waals surface area contributed by atoms with Crippen LogP contribution in [-0.4, -0.2) is 12.6 Å². The summed E-state index contributed by atoms with van der Waals surface area (Å²) in [5, 5.41) is 0. The summed E-state index contributed by atoms with van der Waals surface area (Å²) in [6.45, 7) is 8.14. The van der Waals surface area contributed by atoms with E-state index in [9.17, 15) is 4.79 Å². The zero-order chi connectivity index (χ0) is 18.0. The Morgan fingerprint density at radius 2 is 1.44 bits per heavy atom. The number of aryl methyl sites for hydroxylation is 2. The smallest absolute Gasteiger partial charge is 0.337 e. The van der Waals surface area contributed by atoms with Crippen LogP contribution in [0.5, 0.6) is 0 Å². The normalized spacial score (nSPS) is 15.8. The summed E-state index contributed by atoms with van der Waals surface area (Å²) in [4.78, 5) is 12.4. The summed E-state index contributed by atoms with van der Waals surface area (Å²) in [7, 11) is 0. The first-order chi connectivity index (χ1) is 12.0. The number of benzene rings is 2. The van der Waals surface area contributed by atoms with E-state index in [0.29, 0.717) is 24.4 Å². The second kappa shape index (κ2) is 6.75. The first kappa shape index (κ1) is 17.3. The fourth-order valence-corrected chi connectivity index (χ4v) is 3.30. The van der Waals surface area contributed by atoms with Crippen LogP contribution in [0.25, 0.3) is 0 Å². The minimum atomic E-state index is -0.687. The van der Waals surface area contributed by atoms with E-state index in [1.54, 1.807) is 0 Å². The van der Waals surface area contributed by atoms with Gasteiger partial charge in [0.25, 0.3) is 0 Å². The molecule has 25 heavy (non-hydrogen) atoms. The van der Waals surface area contributed by atoms with Crippen molar-refractivity contribution in [3.63, 3.8) is 0 Å². The molecule has 3 nitrogen and oxygen atoms in total. The van der Waals surface area contributed by atoms with Gasteiger partial charge in [-0.3, -0.25) is 0 Å². The van der Waals surface area contributed by atoms with Crippen molar-refractivity contribution in [3.05, 3.63) is 82.1 Å². The van der Waals surface area contributed by atoms with E-state index in [0.717, 1.165) is 11.1 Å². The summed E-state index contributed by atoms with van der Waals surface area (Å²) in [5.74, 6) is 0.348. The lowest BCUT2D eigenvalue weighted by Crippen LogP contribution is -2.28. The molecular formula is C22H24O3. The minimum absolute atomic E-state index is 0.291. The third-order valence-electron chi connectivity index (χ3n) is 4.74. The van der Waals surface area contributed by atoms with Crippen LogP contribution in [0.15, 0.2) is 59.9 Å². The summed E-state index contributed by atoms with van der Waals surface area (Å²) in [6, 6.07) is 16.6. The molecular weight excluding hydrogens is 312 g/mol. The van der Waals surface area contributed by atoms with Crippen molar-refractivity contribution in [1.29, 1.82) is 0 Å². The number of carbonyl (C=O) groups is 1. The maximum Gasteiger partial charge on any atom is 0.337 e. The molecule has 0 aliphatic carbocycles. The van der Waals surface area contributed by atoms with E-state index in [4.69, 9.17) is 9.47 Å². The van der Waals surface area contributed by atoms with Crippen molar-refractivity contribution in [2.45, 2.75) is 39.7 Å². The molecule has 0 spiro atoms. The third kappa shape index (κ3) is 3.19. The number of rotatable bonds is 4. The molecule has 0 bridgehead atoms. The molecule has 130 valence electrons. The second-order valence-corrected chi connectivity index (χ2v) is 6.59. The van der Waals surface area contributed by atoms with Crippen molar-refractivity contribution >= 4 is 5.97 Å². The Balaban J connectivity index is 2.08. The lowest BCUT2D eigenvalue weighted by Gasteiger charge is -2.31. The van der Waals surface area contributed by atoms with Crippen LogP contribution >= 0.6 is 0 Å². The second-order valence-electron chi connectivity index (χ2n) is 6.59. The fraction of sp³-hybridized carbons (Fsp3) is 0.318. The molecule has 1 aliphatic rings. The van der Waals surface area contributed by atoms with Crippen LogP contribution in [0.3, 0.4) is 0 Å². The largest absolute Gasteiger partial charge is 0.482 e. The lowest BCUT2D eigenvalue weighted by molar-refractivity contribution is -0.138. The highest BCUT2D eigenvalue weighted by Gasteiger charge is 2.45. The van der Waals surface area contributed by atoms with Crippen LogP contribution in [0.2, 0.25) is 0 Å². The average molecular weight is 336 g/mol. The molecule has 0 atom stereocenters. The maximum atomic E-state index is 12.4. The number of carbonyl (C=O) groups excluding carboxylic acids is 1. The van der Waals surface area contributed by atoms with Gasteiger partial charge in [0, 0.05) is 17.5 Å². The predicted molar refractivity (Wildman–Crippen MR) is 98.2 cm³/mol. The van der Waals surface area contributed by atoms with Gasteiger partial charge >= 0.3 is 5.97 Å². The van der Waals surface area contributed by atoms with Gasteiger partial charge < -0.3 is 9.47 Å². The Hall–Kier alpha value is -2.55. The van der Waals surface area contributed by atoms with E-state index in [2.05, 4.69) is 62.4 Å². The number of esters is 1. The molecule has 0 aromatic heterocycles. The van der Waals surface area contributed by atoms with Gasteiger partial charge in [-0.25, -0.2) is 4.79 Å². The highest BCUT2D eigenvalue weighted by atomic mass is 16.5. The number of hydrogen-bond acceptors (Lipinski definition) is 3. The van der Waals surface area contributed by atoms with E-state index < -0.39 is 5.60 Å². The molecule has 2 aromatic rings. The SMILES string of the molecule is CCOC(=O)C1=C(C)OC(c2ccc(C)cc2)(c2ccc(C)cc2)C1. The van der Waals surface area contributed by atoms with Gasteiger partial charge in [0.2, 0.25) is 0 Å². The Labute approximate surface area is 149 Å². The van der Waals surface area contributed by atoms with Crippen LogP contribution in [-0.2, 0) is 19.9 Å². The van der Waals surface area contributed by atoms with Crippen LogP contribution in [0.4, 0.5) is 0 Å². The Morgan fingerprint density at radius 3 is 1.88 bits per heavy atom. The monoisotopic (exact) mass is 336 g/mol. The molecule has 0 saturated carbocycles.